The highest BCUT2D eigenvalue weighted by Gasteiger charge is 2.82. The molecule has 1 saturated heterocycles. The van der Waals surface area contributed by atoms with Gasteiger partial charge in [-0.1, -0.05) is 22.6 Å². The van der Waals surface area contributed by atoms with Crippen molar-refractivity contribution in [2.24, 2.45) is 11.8 Å². The van der Waals surface area contributed by atoms with Crippen LogP contribution in [-0.4, -0.2) is 50.9 Å². The van der Waals surface area contributed by atoms with Gasteiger partial charge >= 0.3 is 12.1 Å². The van der Waals surface area contributed by atoms with Gasteiger partial charge < -0.3 is 15.2 Å². The molecule has 2 N–H and O–H groups in total. The number of esters is 1. The highest BCUT2D eigenvalue weighted by atomic mass is 127. The van der Waals surface area contributed by atoms with Crippen LogP contribution < -0.4 is 5.32 Å². The SMILES string of the molecule is CC(I)(C(=O)OC1CC2CC1C(F)(F)C2(O)C(F)(F)F)C1CN1. The first-order chi connectivity index (χ1) is 10.3. The highest BCUT2D eigenvalue weighted by molar-refractivity contribution is 14.1. The van der Waals surface area contributed by atoms with Crippen molar-refractivity contribution in [3.8, 4) is 0 Å². The average Bonchev–Trinajstić information content (AvgIpc) is 3.14. The maximum atomic E-state index is 14.2. The lowest BCUT2D eigenvalue weighted by molar-refractivity contribution is -0.353. The lowest BCUT2D eigenvalue weighted by Gasteiger charge is -2.42. The minimum atomic E-state index is -5.43. The molecule has 0 radical (unpaired) electrons. The smallest absolute Gasteiger partial charge is 0.423 e. The van der Waals surface area contributed by atoms with E-state index in [-0.39, 0.29) is 6.04 Å². The monoisotopic (exact) mass is 455 g/mol. The van der Waals surface area contributed by atoms with Crippen molar-refractivity contribution in [1.29, 1.82) is 0 Å². The van der Waals surface area contributed by atoms with Crippen molar-refractivity contribution in [1.82, 2.24) is 5.32 Å². The Labute approximate surface area is 142 Å². The topological polar surface area (TPSA) is 68.5 Å². The average molecular weight is 455 g/mol. The van der Waals surface area contributed by atoms with E-state index in [0.29, 0.717) is 6.54 Å². The number of aliphatic hydroxyl groups is 1. The third kappa shape index (κ3) is 2.30. The first kappa shape index (κ1) is 17.6. The fraction of sp³-hybridized carbons (Fsp3) is 0.923. The van der Waals surface area contributed by atoms with E-state index in [0.717, 1.165) is 0 Å². The molecule has 132 valence electrons. The van der Waals surface area contributed by atoms with Crippen LogP contribution in [0.3, 0.4) is 0 Å². The Morgan fingerprint density at radius 2 is 1.91 bits per heavy atom. The number of halogens is 6. The van der Waals surface area contributed by atoms with Crippen molar-refractivity contribution in [2.75, 3.05) is 6.54 Å². The fourth-order valence-electron chi connectivity index (χ4n) is 3.66. The lowest BCUT2D eigenvalue weighted by atomic mass is 9.79. The number of fused-ring (bicyclic) bond motifs is 2. The summed E-state index contributed by atoms with van der Waals surface area (Å²) < 4.78 is 71.3. The molecule has 1 aliphatic heterocycles. The van der Waals surface area contributed by atoms with Gasteiger partial charge in [-0.3, -0.25) is 4.79 Å². The molecule has 0 aromatic rings. The summed E-state index contributed by atoms with van der Waals surface area (Å²) in [6.45, 7) is 2.17. The highest BCUT2D eigenvalue weighted by Crippen LogP contribution is 2.65. The van der Waals surface area contributed by atoms with Gasteiger partial charge in [0.1, 0.15) is 9.53 Å². The van der Waals surface area contributed by atoms with Gasteiger partial charge in [-0.05, 0) is 19.8 Å². The van der Waals surface area contributed by atoms with E-state index in [1.165, 1.54) is 0 Å². The van der Waals surface area contributed by atoms with Crippen LogP contribution in [0.2, 0.25) is 0 Å². The van der Waals surface area contributed by atoms with E-state index in [4.69, 9.17) is 4.74 Å². The van der Waals surface area contributed by atoms with E-state index in [9.17, 15) is 31.9 Å². The van der Waals surface area contributed by atoms with E-state index in [2.05, 4.69) is 5.32 Å². The molecular weight excluding hydrogens is 440 g/mol. The third-order valence-electron chi connectivity index (χ3n) is 5.22. The molecule has 10 heteroatoms. The Balaban J connectivity index is 1.77. The third-order valence-corrected chi connectivity index (χ3v) is 6.41. The molecule has 3 rings (SSSR count). The van der Waals surface area contributed by atoms with E-state index in [1.807, 2.05) is 22.6 Å². The van der Waals surface area contributed by atoms with Crippen molar-refractivity contribution in [2.45, 2.75) is 53.0 Å². The van der Waals surface area contributed by atoms with E-state index >= 15 is 0 Å². The van der Waals surface area contributed by atoms with Gasteiger partial charge in [0.15, 0.2) is 0 Å². The van der Waals surface area contributed by atoms with Crippen molar-refractivity contribution >= 4 is 28.6 Å². The van der Waals surface area contributed by atoms with Gasteiger partial charge in [0.05, 0.1) is 5.92 Å². The number of hydrogen-bond acceptors (Lipinski definition) is 4. The molecule has 2 aliphatic carbocycles. The summed E-state index contributed by atoms with van der Waals surface area (Å²) in [7, 11) is 0. The fourth-order valence-corrected chi connectivity index (χ4v) is 4.23. The van der Waals surface area contributed by atoms with Crippen molar-refractivity contribution < 1.29 is 36.6 Å². The Kier molecular flexibility index (Phi) is 3.75. The van der Waals surface area contributed by atoms with Crippen LogP contribution in [0.5, 0.6) is 0 Å². The largest absolute Gasteiger partial charge is 0.461 e. The molecule has 0 aromatic heterocycles. The number of carbonyl (C=O) groups excluding carboxylic acids is 1. The molecule has 6 atom stereocenters. The van der Waals surface area contributed by atoms with Gasteiger partial charge in [0.25, 0.3) is 5.92 Å². The quantitative estimate of drug-likeness (QED) is 0.225. The Hall–Kier alpha value is -0.230. The second kappa shape index (κ2) is 4.90. The van der Waals surface area contributed by atoms with Crippen LogP contribution in [0.1, 0.15) is 19.8 Å². The maximum absolute atomic E-state index is 14.2. The zero-order chi connectivity index (χ0) is 17.4. The number of rotatable bonds is 3. The van der Waals surface area contributed by atoms with Crippen LogP contribution in [0, 0.1) is 11.8 Å². The second-order valence-electron chi connectivity index (χ2n) is 6.64. The summed E-state index contributed by atoms with van der Waals surface area (Å²) >= 11 is 1.85. The zero-order valence-electron chi connectivity index (χ0n) is 12.0. The van der Waals surface area contributed by atoms with Gasteiger partial charge in [-0.25, -0.2) is 8.78 Å². The summed E-state index contributed by atoms with van der Waals surface area (Å²) in [6, 6.07) is -0.137. The lowest BCUT2D eigenvalue weighted by Crippen LogP contribution is -2.64. The molecule has 2 bridgehead atoms. The molecular formula is C13H15F5INO3. The molecule has 3 fully saturated rings. The van der Waals surface area contributed by atoms with E-state index < -0.39 is 57.9 Å². The Morgan fingerprint density at radius 3 is 2.35 bits per heavy atom. The van der Waals surface area contributed by atoms with E-state index in [1.54, 1.807) is 6.92 Å². The number of nitrogens with one attached hydrogen (secondary N) is 1. The predicted molar refractivity (Wildman–Crippen MR) is 76.3 cm³/mol. The minimum absolute atomic E-state index is 0.137. The first-order valence-corrected chi connectivity index (χ1v) is 8.21. The molecule has 2 saturated carbocycles. The van der Waals surface area contributed by atoms with Gasteiger partial charge in [-0.15, -0.1) is 0 Å². The minimum Gasteiger partial charge on any atom is -0.461 e. The number of alkyl halides is 6. The summed E-state index contributed by atoms with van der Waals surface area (Å²) in [5.41, 5.74) is -4.04. The number of hydrogen-bond donors (Lipinski definition) is 2. The molecule has 6 unspecified atom stereocenters. The standard InChI is InChI=1S/C13H15F5INO3/c1-10(19,8-4-20-8)9(21)23-7-3-5-2-6(7)12(14,15)11(5,22)13(16,17)18/h5-8,20,22H,2-4H2,1H3. The van der Waals surface area contributed by atoms with Gasteiger partial charge in [-0.2, -0.15) is 13.2 Å². The van der Waals surface area contributed by atoms with Gasteiger partial charge in [0.2, 0.25) is 5.60 Å². The van der Waals surface area contributed by atoms with Crippen molar-refractivity contribution in [3.05, 3.63) is 0 Å². The molecule has 0 aromatic carbocycles. The predicted octanol–water partition coefficient (Wildman–Crippen LogP) is 2.03. The Bertz CT molecular complexity index is 536. The molecule has 0 amide bonds. The zero-order valence-corrected chi connectivity index (χ0v) is 14.1. The summed E-state index contributed by atoms with van der Waals surface area (Å²) in [4.78, 5) is 12.1. The van der Waals surface area contributed by atoms with Crippen LogP contribution >= 0.6 is 22.6 Å². The summed E-state index contributed by atoms with van der Waals surface area (Å²) in [5.74, 6) is -8.59. The summed E-state index contributed by atoms with van der Waals surface area (Å²) in [6.07, 6.45) is -7.66. The summed E-state index contributed by atoms with van der Waals surface area (Å²) in [5, 5.41) is 12.5. The first-order valence-electron chi connectivity index (χ1n) is 7.13. The van der Waals surface area contributed by atoms with Crippen LogP contribution in [0.15, 0.2) is 0 Å². The van der Waals surface area contributed by atoms with Crippen molar-refractivity contribution in [3.63, 3.8) is 0 Å². The molecule has 1 heterocycles. The normalized spacial score (nSPS) is 44.0. The number of carbonyl (C=O) groups is 1. The van der Waals surface area contributed by atoms with Crippen LogP contribution in [-0.2, 0) is 9.53 Å². The number of ether oxygens (including phenoxy) is 1. The molecule has 4 nitrogen and oxygen atoms in total. The van der Waals surface area contributed by atoms with Gasteiger partial charge in [0, 0.05) is 18.5 Å². The molecule has 0 spiro atoms. The maximum Gasteiger partial charge on any atom is 0.423 e. The second-order valence-corrected chi connectivity index (χ2v) is 8.88. The Morgan fingerprint density at radius 1 is 1.35 bits per heavy atom. The van der Waals surface area contributed by atoms with Crippen LogP contribution in [0.4, 0.5) is 22.0 Å². The molecule has 3 aliphatic rings. The molecule has 23 heavy (non-hydrogen) atoms. The van der Waals surface area contributed by atoms with Crippen LogP contribution in [0.25, 0.3) is 0 Å².